The Morgan fingerprint density at radius 2 is 2.03 bits per heavy atom. The normalized spacial score (nSPS) is 19.7. The SMILES string of the molecule is COCCC(=O)N1CCN(c2nc(C3CC3)c(Nc3cc(C#N)ccn3)cc2C#N)C[C@H]1C1CC1. The number of rotatable bonds is 8. The fraction of sp³-hybridized carbons (Fsp3) is 0.500. The average molecular weight is 472 g/mol. The van der Waals surface area contributed by atoms with Crippen molar-refractivity contribution in [1.29, 1.82) is 10.5 Å². The van der Waals surface area contributed by atoms with Gasteiger partial charge in [0.15, 0.2) is 0 Å². The predicted molar refractivity (Wildman–Crippen MR) is 130 cm³/mol. The number of methoxy groups -OCH3 is 1. The minimum Gasteiger partial charge on any atom is -0.384 e. The molecule has 0 spiro atoms. The predicted octanol–water partition coefficient (Wildman–Crippen LogP) is 3.30. The lowest BCUT2D eigenvalue weighted by atomic mass is 10.0. The summed E-state index contributed by atoms with van der Waals surface area (Å²) in [6.07, 6.45) is 6.38. The first-order chi connectivity index (χ1) is 17.1. The number of carbonyl (C=O) groups is 1. The number of nitriles is 2. The minimum atomic E-state index is 0.140. The zero-order chi connectivity index (χ0) is 24.4. The van der Waals surface area contributed by atoms with E-state index in [0.29, 0.717) is 67.3 Å². The van der Waals surface area contributed by atoms with Gasteiger partial charge in [-0.3, -0.25) is 4.79 Å². The number of hydrogen-bond acceptors (Lipinski definition) is 8. The van der Waals surface area contributed by atoms with E-state index in [0.717, 1.165) is 37.1 Å². The second-order valence-corrected chi connectivity index (χ2v) is 9.53. The molecule has 9 heteroatoms. The van der Waals surface area contributed by atoms with Crippen molar-refractivity contribution in [3.05, 3.63) is 41.2 Å². The average Bonchev–Trinajstić information content (AvgIpc) is 3.80. The van der Waals surface area contributed by atoms with Crippen molar-refractivity contribution < 1.29 is 9.53 Å². The third-order valence-electron chi connectivity index (χ3n) is 6.99. The number of hydrogen-bond donors (Lipinski definition) is 1. The molecule has 1 N–H and O–H groups in total. The highest BCUT2D eigenvalue weighted by atomic mass is 16.5. The van der Waals surface area contributed by atoms with Gasteiger partial charge in [0.25, 0.3) is 0 Å². The second kappa shape index (κ2) is 9.89. The molecular formula is C26H29N7O2. The molecule has 0 radical (unpaired) electrons. The lowest BCUT2D eigenvalue weighted by molar-refractivity contribution is -0.135. The maximum atomic E-state index is 12.8. The molecule has 0 aromatic carbocycles. The van der Waals surface area contributed by atoms with E-state index >= 15 is 0 Å². The number of nitrogens with one attached hydrogen (secondary N) is 1. The Labute approximate surface area is 205 Å². The summed E-state index contributed by atoms with van der Waals surface area (Å²) < 4.78 is 5.11. The number of anilines is 3. The third-order valence-corrected chi connectivity index (χ3v) is 6.99. The van der Waals surface area contributed by atoms with Crippen LogP contribution in [0.1, 0.15) is 54.8 Å². The van der Waals surface area contributed by atoms with Gasteiger partial charge in [-0.05, 0) is 49.8 Å². The molecule has 1 amide bonds. The molecule has 2 aliphatic carbocycles. The molecule has 5 rings (SSSR count). The smallest absolute Gasteiger partial charge is 0.225 e. The molecule has 180 valence electrons. The zero-order valence-corrected chi connectivity index (χ0v) is 19.9. The van der Waals surface area contributed by atoms with Crippen LogP contribution in [0.2, 0.25) is 0 Å². The van der Waals surface area contributed by atoms with Gasteiger partial charge in [0, 0.05) is 38.9 Å². The van der Waals surface area contributed by atoms with Gasteiger partial charge in [-0.15, -0.1) is 0 Å². The molecule has 9 nitrogen and oxygen atoms in total. The molecule has 1 aliphatic heterocycles. The van der Waals surface area contributed by atoms with Crippen molar-refractivity contribution in [2.45, 2.75) is 44.1 Å². The fourth-order valence-electron chi connectivity index (χ4n) is 4.84. The van der Waals surface area contributed by atoms with Crippen molar-refractivity contribution in [3.63, 3.8) is 0 Å². The Bertz CT molecular complexity index is 1190. The Hall–Kier alpha value is -3.69. The highest BCUT2D eigenvalue weighted by Gasteiger charge is 2.41. The highest BCUT2D eigenvalue weighted by molar-refractivity contribution is 5.77. The summed E-state index contributed by atoms with van der Waals surface area (Å²) in [5.74, 6) is 2.26. The Balaban J connectivity index is 1.42. The Kier molecular flexibility index (Phi) is 6.52. The van der Waals surface area contributed by atoms with E-state index < -0.39 is 0 Å². The van der Waals surface area contributed by atoms with E-state index in [9.17, 15) is 15.3 Å². The molecule has 3 heterocycles. The number of carbonyl (C=O) groups excluding carboxylic acids is 1. The van der Waals surface area contributed by atoms with Gasteiger partial charge in [0.1, 0.15) is 17.7 Å². The van der Waals surface area contributed by atoms with Crippen LogP contribution in [-0.2, 0) is 9.53 Å². The summed E-state index contributed by atoms with van der Waals surface area (Å²) in [5, 5.41) is 22.5. The molecule has 1 atom stereocenters. The van der Waals surface area contributed by atoms with Crippen LogP contribution in [0.5, 0.6) is 0 Å². The summed E-state index contributed by atoms with van der Waals surface area (Å²) in [6, 6.07) is 9.81. The van der Waals surface area contributed by atoms with Gasteiger partial charge in [-0.2, -0.15) is 10.5 Å². The fourth-order valence-corrected chi connectivity index (χ4v) is 4.84. The van der Waals surface area contributed by atoms with Crippen LogP contribution in [-0.4, -0.2) is 60.2 Å². The van der Waals surface area contributed by atoms with Crippen LogP contribution in [0.3, 0.4) is 0 Å². The maximum Gasteiger partial charge on any atom is 0.225 e. The lowest BCUT2D eigenvalue weighted by Gasteiger charge is -2.42. The van der Waals surface area contributed by atoms with E-state index in [4.69, 9.17) is 9.72 Å². The summed E-state index contributed by atoms with van der Waals surface area (Å²) in [6.45, 7) is 2.39. The minimum absolute atomic E-state index is 0.140. The van der Waals surface area contributed by atoms with Crippen molar-refractivity contribution in [2.24, 2.45) is 5.92 Å². The first-order valence-corrected chi connectivity index (χ1v) is 12.2. The van der Waals surface area contributed by atoms with E-state index in [1.807, 2.05) is 11.0 Å². The molecule has 1 saturated heterocycles. The van der Waals surface area contributed by atoms with Crippen LogP contribution in [0.25, 0.3) is 0 Å². The summed E-state index contributed by atoms with van der Waals surface area (Å²) >= 11 is 0. The van der Waals surface area contributed by atoms with E-state index in [1.54, 1.807) is 25.4 Å². The topological polar surface area (TPSA) is 118 Å². The largest absolute Gasteiger partial charge is 0.384 e. The van der Waals surface area contributed by atoms with Gasteiger partial charge in [-0.1, -0.05) is 0 Å². The molecule has 0 unspecified atom stereocenters. The van der Waals surface area contributed by atoms with Crippen LogP contribution in [0, 0.1) is 28.6 Å². The van der Waals surface area contributed by atoms with Crippen molar-refractivity contribution in [1.82, 2.24) is 14.9 Å². The molecule has 3 aliphatic rings. The molecule has 35 heavy (non-hydrogen) atoms. The van der Waals surface area contributed by atoms with Gasteiger partial charge in [0.05, 0.1) is 47.6 Å². The Morgan fingerprint density at radius 3 is 2.71 bits per heavy atom. The van der Waals surface area contributed by atoms with Crippen molar-refractivity contribution in [2.75, 3.05) is 43.6 Å². The number of amides is 1. The first-order valence-electron chi connectivity index (χ1n) is 12.2. The van der Waals surface area contributed by atoms with Crippen LogP contribution < -0.4 is 10.2 Å². The van der Waals surface area contributed by atoms with Crippen molar-refractivity contribution in [3.8, 4) is 12.1 Å². The second-order valence-electron chi connectivity index (χ2n) is 9.53. The number of aromatic nitrogens is 2. The number of piperazine rings is 1. The quantitative estimate of drug-likeness (QED) is 0.623. The molecule has 2 aromatic rings. The molecular weight excluding hydrogens is 442 g/mol. The van der Waals surface area contributed by atoms with Gasteiger partial charge >= 0.3 is 0 Å². The first kappa shape index (κ1) is 23.1. The maximum absolute atomic E-state index is 12.8. The molecule has 0 bridgehead atoms. The molecule has 2 saturated carbocycles. The van der Waals surface area contributed by atoms with Gasteiger partial charge in [-0.25, -0.2) is 9.97 Å². The van der Waals surface area contributed by atoms with Crippen LogP contribution >= 0.6 is 0 Å². The number of pyridine rings is 2. The number of nitrogens with zero attached hydrogens (tertiary/aromatic N) is 6. The summed E-state index contributed by atoms with van der Waals surface area (Å²) in [4.78, 5) is 26.4. The number of ether oxygens (including phenoxy) is 1. The van der Waals surface area contributed by atoms with Gasteiger partial charge < -0.3 is 19.9 Å². The van der Waals surface area contributed by atoms with Crippen LogP contribution in [0.15, 0.2) is 24.4 Å². The zero-order valence-electron chi connectivity index (χ0n) is 19.9. The summed E-state index contributed by atoms with van der Waals surface area (Å²) in [7, 11) is 1.62. The Morgan fingerprint density at radius 1 is 1.20 bits per heavy atom. The summed E-state index contributed by atoms with van der Waals surface area (Å²) in [5.41, 5.74) is 2.72. The van der Waals surface area contributed by atoms with E-state index in [2.05, 4.69) is 27.3 Å². The van der Waals surface area contributed by atoms with Crippen molar-refractivity contribution >= 4 is 23.2 Å². The van der Waals surface area contributed by atoms with E-state index in [-0.39, 0.29) is 11.9 Å². The monoisotopic (exact) mass is 471 g/mol. The van der Waals surface area contributed by atoms with Gasteiger partial charge in [0.2, 0.25) is 5.91 Å². The molecule has 3 fully saturated rings. The standard InChI is InChI=1S/C26H29N7O2/c1-35-11-7-24(34)33-10-9-32(16-22(33)18-2-3-18)26-20(15-28)13-21(25(31-26)19-4-5-19)30-23-12-17(14-27)6-8-29-23/h6,8,12-13,18-19,22H,2-5,7,9-11,16H2,1H3,(H,29,30)/t22-/m0/s1. The van der Waals surface area contributed by atoms with Crippen LogP contribution in [0.4, 0.5) is 17.3 Å². The third kappa shape index (κ3) is 5.06. The highest BCUT2D eigenvalue weighted by Crippen LogP contribution is 2.45. The lowest BCUT2D eigenvalue weighted by Crippen LogP contribution is -2.56. The molecule has 2 aromatic heterocycles. The van der Waals surface area contributed by atoms with E-state index in [1.165, 1.54) is 0 Å².